The smallest absolute Gasteiger partial charge is 0.263 e. The van der Waals surface area contributed by atoms with E-state index in [0.29, 0.717) is 10.9 Å². The van der Waals surface area contributed by atoms with Crippen LogP contribution in [0.4, 0.5) is 5.13 Å². The molecule has 0 bridgehead atoms. The molecule has 96 valence electrons. The number of thiazole rings is 1. The maximum absolute atomic E-state index is 12.0. The van der Waals surface area contributed by atoms with Crippen molar-refractivity contribution in [1.82, 2.24) is 4.98 Å². The number of nitrogens with one attached hydrogen (secondary N) is 1. The summed E-state index contributed by atoms with van der Waals surface area (Å²) in [7, 11) is -2.05. The van der Waals surface area contributed by atoms with E-state index in [2.05, 4.69) is 9.71 Å². The summed E-state index contributed by atoms with van der Waals surface area (Å²) in [4.78, 5) is 4.24. The van der Waals surface area contributed by atoms with Crippen molar-refractivity contribution < 1.29 is 13.2 Å². The summed E-state index contributed by atoms with van der Waals surface area (Å²) in [6.07, 6.45) is 0. The van der Waals surface area contributed by atoms with Crippen molar-refractivity contribution in [2.24, 2.45) is 0 Å². The minimum Gasteiger partial charge on any atom is -0.497 e. The maximum atomic E-state index is 12.0. The molecule has 5 nitrogen and oxygen atoms in total. The summed E-state index contributed by atoms with van der Waals surface area (Å²) >= 11 is 1.25. The Morgan fingerprint density at radius 2 is 1.94 bits per heavy atom. The van der Waals surface area contributed by atoms with Crippen LogP contribution in [0.3, 0.4) is 0 Å². The molecule has 2 rings (SSSR count). The topological polar surface area (TPSA) is 68.3 Å². The first-order valence-corrected chi connectivity index (χ1v) is 7.46. The molecule has 0 aliphatic heterocycles. The van der Waals surface area contributed by atoms with Crippen LogP contribution in [0.5, 0.6) is 5.75 Å². The number of hydrogen-bond donors (Lipinski definition) is 1. The van der Waals surface area contributed by atoms with E-state index >= 15 is 0 Å². The van der Waals surface area contributed by atoms with Crippen LogP contribution in [0, 0.1) is 6.92 Å². The lowest BCUT2D eigenvalue weighted by molar-refractivity contribution is 0.414. The predicted octanol–water partition coefficient (Wildman–Crippen LogP) is 2.26. The van der Waals surface area contributed by atoms with E-state index in [0.717, 1.165) is 5.69 Å². The zero-order valence-corrected chi connectivity index (χ0v) is 11.5. The Kier molecular flexibility index (Phi) is 3.53. The molecule has 0 saturated carbocycles. The number of ether oxygens (including phenoxy) is 1. The van der Waals surface area contributed by atoms with Crippen LogP contribution in [0.1, 0.15) is 5.69 Å². The van der Waals surface area contributed by atoms with Gasteiger partial charge < -0.3 is 4.74 Å². The molecule has 0 unspecified atom stereocenters. The summed E-state index contributed by atoms with van der Waals surface area (Å²) < 4.78 is 31.5. The van der Waals surface area contributed by atoms with E-state index in [1.54, 1.807) is 17.5 Å². The number of hydrogen-bond acceptors (Lipinski definition) is 5. The van der Waals surface area contributed by atoms with Gasteiger partial charge in [-0.25, -0.2) is 13.4 Å². The number of rotatable bonds is 4. The van der Waals surface area contributed by atoms with Gasteiger partial charge in [-0.2, -0.15) is 0 Å². The van der Waals surface area contributed by atoms with Crippen LogP contribution in [0.15, 0.2) is 34.5 Å². The van der Waals surface area contributed by atoms with Crippen LogP contribution in [0.2, 0.25) is 0 Å². The number of anilines is 1. The SMILES string of the molecule is COc1ccc(S(=O)(=O)Nc2nc(C)cs2)cc1. The lowest BCUT2D eigenvalue weighted by Crippen LogP contribution is -2.12. The Labute approximate surface area is 110 Å². The third-order valence-electron chi connectivity index (χ3n) is 2.21. The molecule has 1 heterocycles. The van der Waals surface area contributed by atoms with Gasteiger partial charge in [0.2, 0.25) is 0 Å². The van der Waals surface area contributed by atoms with Crippen molar-refractivity contribution in [2.45, 2.75) is 11.8 Å². The van der Waals surface area contributed by atoms with Gasteiger partial charge in [-0.05, 0) is 31.2 Å². The molecule has 7 heteroatoms. The second-order valence-corrected chi connectivity index (χ2v) is 6.12. The molecular weight excluding hydrogens is 272 g/mol. The van der Waals surface area contributed by atoms with Gasteiger partial charge in [0.15, 0.2) is 5.13 Å². The van der Waals surface area contributed by atoms with Crippen molar-refractivity contribution in [3.05, 3.63) is 35.3 Å². The Bertz CT molecular complexity index is 633. The second kappa shape index (κ2) is 4.95. The van der Waals surface area contributed by atoms with E-state index in [1.807, 2.05) is 6.92 Å². The molecule has 1 N–H and O–H groups in total. The minimum atomic E-state index is -3.58. The molecule has 0 saturated heterocycles. The highest BCUT2D eigenvalue weighted by Gasteiger charge is 2.15. The second-order valence-electron chi connectivity index (χ2n) is 3.58. The summed E-state index contributed by atoms with van der Waals surface area (Å²) in [6, 6.07) is 6.17. The zero-order chi connectivity index (χ0) is 13.2. The number of aromatic nitrogens is 1. The predicted molar refractivity (Wildman–Crippen MR) is 70.7 cm³/mol. The van der Waals surface area contributed by atoms with Crippen molar-refractivity contribution in [2.75, 3.05) is 11.8 Å². The van der Waals surface area contributed by atoms with Crippen molar-refractivity contribution >= 4 is 26.5 Å². The van der Waals surface area contributed by atoms with Gasteiger partial charge >= 0.3 is 0 Å². The molecule has 0 aliphatic rings. The molecule has 0 spiro atoms. The molecule has 18 heavy (non-hydrogen) atoms. The van der Waals surface area contributed by atoms with Crippen LogP contribution in [0.25, 0.3) is 0 Å². The number of sulfonamides is 1. The molecule has 0 fully saturated rings. The zero-order valence-electron chi connectivity index (χ0n) is 9.88. The van der Waals surface area contributed by atoms with Gasteiger partial charge in [0.25, 0.3) is 10.0 Å². The average Bonchev–Trinajstić information content (AvgIpc) is 2.74. The monoisotopic (exact) mass is 284 g/mol. The Hall–Kier alpha value is -1.60. The number of benzene rings is 1. The van der Waals surface area contributed by atoms with E-state index in [4.69, 9.17) is 4.74 Å². The highest BCUT2D eigenvalue weighted by molar-refractivity contribution is 7.93. The third kappa shape index (κ3) is 2.80. The minimum absolute atomic E-state index is 0.177. The summed E-state index contributed by atoms with van der Waals surface area (Å²) in [5, 5.41) is 2.15. The first-order chi connectivity index (χ1) is 8.51. The quantitative estimate of drug-likeness (QED) is 0.935. The number of nitrogens with zero attached hydrogens (tertiary/aromatic N) is 1. The molecule has 0 aliphatic carbocycles. The number of methoxy groups -OCH3 is 1. The number of aryl methyl sites for hydroxylation is 1. The highest BCUT2D eigenvalue weighted by Crippen LogP contribution is 2.21. The first kappa shape index (κ1) is 12.8. The normalized spacial score (nSPS) is 11.2. The van der Waals surface area contributed by atoms with Crippen LogP contribution >= 0.6 is 11.3 Å². The van der Waals surface area contributed by atoms with E-state index in [-0.39, 0.29) is 4.90 Å². The van der Waals surface area contributed by atoms with Crippen molar-refractivity contribution in [3.8, 4) is 5.75 Å². The largest absolute Gasteiger partial charge is 0.497 e. The fourth-order valence-electron chi connectivity index (χ4n) is 1.33. The summed E-state index contributed by atoms with van der Waals surface area (Å²) in [5.41, 5.74) is 0.785. The maximum Gasteiger partial charge on any atom is 0.263 e. The molecular formula is C11H12N2O3S2. The van der Waals surface area contributed by atoms with Gasteiger partial charge in [0.1, 0.15) is 5.75 Å². The molecule has 0 atom stereocenters. The van der Waals surface area contributed by atoms with Gasteiger partial charge in [0, 0.05) is 5.38 Å². The molecule has 2 aromatic rings. The van der Waals surface area contributed by atoms with Gasteiger partial charge in [0.05, 0.1) is 17.7 Å². The Morgan fingerprint density at radius 1 is 1.28 bits per heavy atom. The highest BCUT2D eigenvalue weighted by atomic mass is 32.2. The van der Waals surface area contributed by atoms with E-state index < -0.39 is 10.0 Å². The fraction of sp³-hybridized carbons (Fsp3) is 0.182. The van der Waals surface area contributed by atoms with E-state index in [1.165, 1.54) is 30.6 Å². The molecule has 1 aromatic carbocycles. The Balaban J connectivity index is 2.24. The van der Waals surface area contributed by atoms with Gasteiger partial charge in [-0.1, -0.05) is 0 Å². The average molecular weight is 284 g/mol. The molecule has 0 radical (unpaired) electrons. The fourth-order valence-corrected chi connectivity index (χ4v) is 3.27. The third-order valence-corrected chi connectivity index (χ3v) is 4.57. The van der Waals surface area contributed by atoms with Gasteiger partial charge in [-0.15, -0.1) is 11.3 Å². The molecule has 1 aromatic heterocycles. The standard InChI is InChI=1S/C11H12N2O3S2/c1-8-7-17-11(12-8)13-18(14,15)10-5-3-9(16-2)4-6-10/h3-7H,1-2H3,(H,12,13). The van der Waals surface area contributed by atoms with E-state index in [9.17, 15) is 8.42 Å². The van der Waals surface area contributed by atoms with Crippen LogP contribution in [-0.2, 0) is 10.0 Å². The molecule has 0 amide bonds. The van der Waals surface area contributed by atoms with Crippen molar-refractivity contribution in [1.29, 1.82) is 0 Å². The Morgan fingerprint density at radius 3 is 2.44 bits per heavy atom. The van der Waals surface area contributed by atoms with Crippen LogP contribution < -0.4 is 9.46 Å². The lowest BCUT2D eigenvalue weighted by Gasteiger charge is -2.05. The summed E-state index contributed by atoms with van der Waals surface area (Å²) in [5.74, 6) is 0.610. The van der Waals surface area contributed by atoms with Crippen LogP contribution in [-0.4, -0.2) is 20.5 Å². The van der Waals surface area contributed by atoms with Gasteiger partial charge in [-0.3, -0.25) is 4.72 Å². The lowest BCUT2D eigenvalue weighted by atomic mass is 10.3. The van der Waals surface area contributed by atoms with Crippen molar-refractivity contribution in [3.63, 3.8) is 0 Å². The first-order valence-electron chi connectivity index (χ1n) is 5.10. The summed E-state index contributed by atoms with van der Waals surface area (Å²) in [6.45, 7) is 1.81.